The summed E-state index contributed by atoms with van der Waals surface area (Å²) in [5, 5.41) is 9.49. The lowest BCUT2D eigenvalue weighted by Crippen LogP contribution is -2.41. The predicted octanol–water partition coefficient (Wildman–Crippen LogP) is 1.47. The van der Waals surface area contributed by atoms with Crippen LogP contribution in [0.15, 0.2) is 24.3 Å². The van der Waals surface area contributed by atoms with Gasteiger partial charge in [-0.05, 0) is 31.5 Å². The van der Waals surface area contributed by atoms with Crippen molar-refractivity contribution in [2.75, 3.05) is 19.6 Å². The topological polar surface area (TPSA) is 40.5 Å². The zero-order valence-electron chi connectivity index (χ0n) is 9.60. The lowest BCUT2D eigenvalue weighted by atomic mass is 10.1. The van der Waals surface area contributed by atoms with Crippen molar-refractivity contribution in [3.63, 3.8) is 0 Å². The fourth-order valence-electron chi connectivity index (χ4n) is 2.15. The second-order valence-electron chi connectivity index (χ2n) is 4.43. The van der Waals surface area contributed by atoms with Crippen LogP contribution in [-0.2, 0) is 0 Å². The van der Waals surface area contributed by atoms with Crippen molar-refractivity contribution >= 4 is 5.78 Å². The minimum absolute atomic E-state index is 0.132. The Bertz CT molecular complexity index is 408. The first-order valence-corrected chi connectivity index (χ1v) is 5.85. The number of hydrogen-bond donors (Lipinski definition) is 1. The normalized spacial score (nSPS) is 21.4. The highest BCUT2D eigenvalue weighted by atomic mass is 19.1. The largest absolute Gasteiger partial charge is 0.392 e. The highest BCUT2D eigenvalue weighted by Crippen LogP contribution is 2.12. The molecule has 17 heavy (non-hydrogen) atoms. The van der Waals surface area contributed by atoms with E-state index < -0.39 is 5.82 Å². The summed E-state index contributed by atoms with van der Waals surface area (Å²) in [7, 11) is 0. The number of nitrogens with zero attached hydrogens (tertiary/aromatic N) is 1. The summed E-state index contributed by atoms with van der Waals surface area (Å²) >= 11 is 0. The summed E-state index contributed by atoms with van der Waals surface area (Å²) in [5.41, 5.74) is 0.132. The van der Waals surface area contributed by atoms with E-state index in [2.05, 4.69) is 0 Å². The van der Waals surface area contributed by atoms with Gasteiger partial charge in [-0.1, -0.05) is 12.1 Å². The van der Waals surface area contributed by atoms with Gasteiger partial charge in [0, 0.05) is 6.54 Å². The van der Waals surface area contributed by atoms with Crippen molar-refractivity contribution < 1.29 is 14.3 Å². The molecule has 1 fully saturated rings. The highest BCUT2D eigenvalue weighted by molar-refractivity contribution is 5.97. The van der Waals surface area contributed by atoms with Crippen LogP contribution in [0.5, 0.6) is 0 Å². The van der Waals surface area contributed by atoms with Crippen LogP contribution < -0.4 is 0 Å². The van der Waals surface area contributed by atoms with Gasteiger partial charge < -0.3 is 5.11 Å². The molecule has 3 nitrogen and oxygen atoms in total. The molecular formula is C13H16FNO2. The SMILES string of the molecule is O=C(CN1CCCC(O)C1)c1ccccc1F. The lowest BCUT2D eigenvalue weighted by Gasteiger charge is -2.29. The van der Waals surface area contributed by atoms with Crippen molar-refractivity contribution in [3.8, 4) is 0 Å². The van der Waals surface area contributed by atoms with Crippen LogP contribution in [0.25, 0.3) is 0 Å². The van der Waals surface area contributed by atoms with Crippen LogP contribution in [0.4, 0.5) is 4.39 Å². The van der Waals surface area contributed by atoms with E-state index in [0.717, 1.165) is 19.4 Å². The lowest BCUT2D eigenvalue weighted by molar-refractivity contribution is 0.0632. The van der Waals surface area contributed by atoms with Gasteiger partial charge >= 0.3 is 0 Å². The smallest absolute Gasteiger partial charge is 0.179 e. The summed E-state index contributed by atoms with van der Waals surface area (Å²) in [4.78, 5) is 13.8. The van der Waals surface area contributed by atoms with Gasteiger partial charge in [0.1, 0.15) is 5.82 Å². The number of rotatable bonds is 3. The zero-order valence-corrected chi connectivity index (χ0v) is 9.60. The second kappa shape index (κ2) is 5.38. The zero-order chi connectivity index (χ0) is 12.3. The summed E-state index contributed by atoms with van der Waals surface area (Å²) in [6.07, 6.45) is 1.30. The Morgan fingerprint density at radius 2 is 2.24 bits per heavy atom. The summed E-state index contributed by atoms with van der Waals surface area (Å²) in [5.74, 6) is -0.702. The van der Waals surface area contributed by atoms with E-state index in [9.17, 15) is 14.3 Å². The van der Waals surface area contributed by atoms with Gasteiger partial charge in [0.15, 0.2) is 5.78 Å². The molecule has 0 aliphatic carbocycles. The number of piperidine rings is 1. The van der Waals surface area contributed by atoms with Crippen LogP contribution in [0.2, 0.25) is 0 Å². The molecule has 2 rings (SSSR count). The number of β-amino-alcohol motifs (C(OH)–C–C–N with tert-alkyl or cyclic N) is 1. The molecule has 1 unspecified atom stereocenters. The number of carbonyl (C=O) groups excluding carboxylic acids is 1. The van der Waals surface area contributed by atoms with Crippen molar-refractivity contribution in [1.29, 1.82) is 0 Å². The van der Waals surface area contributed by atoms with Gasteiger partial charge in [0.05, 0.1) is 18.2 Å². The number of halogens is 1. The number of benzene rings is 1. The van der Waals surface area contributed by atoms with E-state index >= 15 is 0 Å². The molecule has 1 aliphatic heterocycles. The van der Waals surface area contributed by atoms with E-state index in [1.54, 1.807) is 12.1 Å². The number of Topliss-reactive ketones (excluding diaryl/α,β-unsaturated/α-hetero) is 1. The number of carbonyl (C=O) groups is 1. The maximum atomic E-state index is 13.4. The highest BCUT2D eigenvalue weighted by Gasteiger charge is 2.21. The molecule has 1 saturated heterocycles. The minimum atomic E-state index is -0.477. The Labute approximate surface area is 99.9 Å². The number of aliphatic hydroxyl groups excluding tert-OH is 1. The standard InChI is InChI=1S/C13H16FNO2/c14-12-6-2-1-5-11(12)13(17)9-15-7-3-4-10(16)8-15/h1-2,5-6,10,16H,3-4,7-9H2. The molecule has 1 aromatic rings. The Balaban J connectivity index is 1.99. The Kier molecular flexibility index (Phi) is 3.86. The molecular weight excluding hydrogens is 221 g/mol. The van der Waals surface area contributed by atoms with Crippen molar-refractivity contribution in [2.24, 2.45) is 0 Å². The van der Waals surface area contributed by atoms with Crippen LogP contribution in [-0.4, -0.2) is 41.5 Å². The first-order valence-electron chi connectivity index (χ1n) is 5.85. The third-order valence-electron chi connectivity index (χ3n) is 3.02. The molecule has 0 spiro atoms. The third-order valence-corrected chi connectivity index (χ3v) is 3.02. The molecule has 4 heteroatoms. The Morgan fingerprint density at radius 3 is 2.94 bits per heavy atom. The fourth-order valence-corrected chi connectivity index (χ4v) is 2.15. The van der Waals surface area contributed by atoms with E-state index in [4.69, 9.17) is 0 Å². The van der Waals surface area contributed by atoms with E-state index in [-0.39, 0.29) is 24.0 Å². The summed E-state index contributed by atoms with van der Waals surface area (Å²) < 4.78 is 13.4. The second-order valence-corrected chi connectivity index (χ2v) is 4.43. The maximum Gasteiger partial charge on any atom is 0.179 e. The first kappa shape index (κ1) is 12.2. The molecule has 1 heterocycles. The average Bonchev–Trinajstić information content (AvgIpc) is 2.29. The Hall–Kier alpha value is -1.26. The number of hydrogen-bond acceptors (Lipinski definition) is 3. The van der Waals surface area contributed by atoms with Gasteiger partial charge in [0.25, 0.3) is 0 Å². The molecule has 0 aromatic heterocycles. The molecule has 92 valence electrons. The van der Waals surface area contributed by atoms with Crippen LogP contribution in [0, 0.1) is 5.82 Å². The van der Waals surface area contributed by atoms with Gasteiger partial charge in [-0.2, -0.15) is 0 Å². The van der Waals surface area contributed by atoms with E-state index in [1.165, 1.54) is 12.1 Å². The number of aliphatic hydroxyl groups is 1. The molecule has 1 N–H and O–H groups in total. The number of likely N-dealkylation sites (tertiary alicyclic amines) is 1. The molecule has 0 saturated carbocycles. The average molecular weight is 237 g/mol. The molecule has 1 aromatic carbocycles. The quantitative estimate of drug-likeness (QED) is 0.809. The van der Waals surface area contributed by atoms with Gasteiger partial charge in [-0.3, -0.25) is 9.69 Å². The molecule has 0 bridgehead atoms. The summed E-state index contributed by atoms with van der Waals surface area (Å²) in [6, 6.07) is 6.01. The maximum absolute atomic E-state index is 13.4. The van der Waals surface area contributed by atoms with Crippen LogP contribution >= 0.6 is 0 Å². The molecule has 1 atom stereocenters. The number of ketones is 1. The predicted molar refractivity (Wildman–Crippen MR) is 62.4 cm³/mol. The van der Waals surface area contributed by atoms with Crippen molar-refractivity contribution in [2.45, 2.75) is 18.9 Å². The van der Waals surface area contributed by atoms with Gasteiger partial charge in [0.2, 0.25) is 0 Å². The minimum Gasteiger partial charge on any atom is -0.392 e. The molecule has 0 amide bonds. The monoisotopic (exact) mass is 237 g/mol. The van der Waals surface area contributed by atoms with E-state index in [0.29, 0.717) is 6.54 Å². The first-order chi connectivity index (χ1) is 8.16. The van der Waals surface area contributed by atoms with Crippen LogP contribution in [0.3, 0.4) is 0 Å². The fraction of sp³-hybridized carbons (Fsp3) is 0.462. The molecule has 1 aliphatic rings. The van der Waals surface area contributed by atoms with Crippen LogP contribution in [0.1, 0.15) is 23.2 Å². The summed E-state index contributed by atoms with van der Waals surface area (Å²) in [6.45, 7) is 1.47. The van der Waals surface area contributed by atoms with Crippen molar-refractivity contribution in [1.82, 2.24) is 4.90 Å². The van der Waals surface area contributed by atoms with Gasteiger partial charge in [-0.25, -0.2) is 4.39 Å². The van der Waals surface area contributed by atoms with Crippen molar-refractivity contribution in [3.05, 3.63) is 35.6 Å². The third kappa shape index (κ3) is 3.11. The molecule has 0 radical (unpaired) electrons. The van der Waals surface area contributed by atoms with Gasteiger partial charge in [-0.15, -0.1) is 0 Å². The van der Waals surface area contributed by atoms with E-state index in [1.807, 2.05) is 4.90 Å². The Morgan fingerprint density at radius 1 is 1.47 bits per heavy atom.